The van der Waals surface area contributed by atoms with Crippen LogP contribution in [0.2, 0.25) is 5.02 Å². The lowest BCUT2D eigenvalue weighted by atomic mass is 10.0. The molecule has 0 saturated heterocycles. The summed E-state index contributed by atoms with van der Waals surface area (Å²) in [6, 6.07) is 3.85. The summed E-state index contributed by atoms with van der Waals surface area (Å²) in [7, 11) is 1.61. The van der Waals surface area contributed by atoms with Gasteiger partial charge in [0.1, 0.15) is 6.61 Å². The van der Waals surface area contributed by atoms with Crippen molar-refractivity contribution in [2.45, 2.75) is 39.3 Å². The summed E-state index contributed by atoms with van der Waals surface area (Å²) in [6.45, 7) is 11.3. The van der Waals surface area contributed by atoms with Gasteiger partial charge in [-0.1, -0.05) is 31.2 Å². The summed E-state index contributed by atoms with van der Waals surface area (Å²) in [5, 5.41) is 4.05. The van der Waals surface area contributed by atoms with E-state index in [4.69, 9.17) is 21.1 Å². The van der Waals surface area contributed by atoms with Crippen molar-refractivity contribution in [3.8, 4) is 11.5 Å². The smallest absolute Gasteiger partial charge is 0.180 e. The Kier molecular flexibility index (Phi) is 8.79. The van der Waals surface area contributed by atoms with Crippen LogP contribution in [0.5, 0.6) is 11.5 Å². The molecule has 1 rings (SSSR count). The zero-order chi connectivity index (χ0) is 15.2. The monoisotopic (exact) mass is 333 g/mol. The molecule has 0 radical (unpaired) electrons. The topological polar surface area (TPSA) is 30.5 Å². The standard InChI is InChI=1S/C16H24ClNO2.ClH/c1-6-8-20-15-13(17)9-12(10-14(15)19-5)11-18-16(3,4)7-2;/h6,9-10,18H,1,7-8,11H2,2-5H3;1H. The average molecular weight is 334 g/mol. The van der Waals surface area contributed by atoms with Gasteiger partial charge in [0.2, 0.25) is 0 Å². The summed E-state index contributed by atoms with van der Waals surface area (Å²) in [5.41, 5.74) is 1.16. The largest absolute Gasteiger partial charge is 0.493 e. The molecule has 0 aromatic heterocycles. The molecule has 0 saturated carbocycles. The Bertz CT molecular complexity index is 462. The number of hydrogen-bond donors (Lipinski definition) is 1. The predicted molar refractivity (Wildman–Crippen MR) is 92.2 cm³/mol. The maximum absolute atomic E-state index is 6.27. The summed E-state index contributed by atoms with van der Waals surface area (Å²) in [5.74, 6) is 1.21. The van der Waals surface area contributed by atoms with Gasteiger partial charge in [-0.25, -0.2) is 0 Å². The fraction of sp³-hybridized carbons (Fsp3) is 0.500. The van der Waals surface area contributed by atoms with Crippen LogP contribution < -0.4 is 14.8 Å². The molecule has 0 unspecified atom stereocenters. The molecule has 0 aliphatic carbocycles. The van der Waals surface area contributed by atoms with Gasteiger partial charge in [-0.3, -0.25) is 0 Å². The number of hydrogen-bond acceptors (Lipinski definition) is 3. The predicted octanol–water partition coefficient (Wildman–Crippen LogP) is 4.61. The fourth-order valence-corrected chi connectivity index (χ4v) is 1.91. The molecule has 3 nitrogen and oxygen atoms in total. The molecule has 5 heteroatoms. The quantitative estimate of drug-likeness (QED) is 0.704. The molecule has 0 amide bonds. The lowest BCUT2D eigenvalue weighted by molar-refractivity contribution is 0.325. The minimum Gasteiger partial charge on any atom is -0.493 e. The number of nitrogens with one attached hydrogen (secondary N) is 1. The van der Waals surface area contributed by atoms with E-state index in [1.165, 1.54) is 0 Å². The molecule has 0 spiro atoms. The normalized spacial score (nSPS) is 10.7. The maximum atomic E-state index is 6.27. The highest BCUT2D eigenvalue weighted by atomic mass is 35.5. The number of methoxy groups -OCH3 is 1. The SMILES string of the molecule is C=CCOc1c(Cl)cc(CNC(C)(C)CC)cc1OC.Cl. The van der Waals surface area contributed by atoms with Gasteiger partial charge in [-0.2, -0.15) is 0 Å². The fourth-order valence-electron chi connectivity index (χ4n) is 1.62. The second-order valence-electron chi connectivity index (χ2n) is 5.30. The molecule has 0 atom stereocenters. The molecule has 120 valence electrons. The minimum absolute atomic E-state index is 0. The first-order chi connectivity index (χ1) is 9.43. The van der Waals surface area contributed by atoms with E-state index in [-0.39, 0.29) is 17.9 Å². The molecular weight excluding hydrogens is 309 g/mol. The van der Waals surface area contributed by atoms with Gasteiger partial charge >= 0.3 is 0 Å². The molecule has 0 fully saturated rings. The van der Waals surface area contributed by atoms with E-state index in [2.05, 4.69) is 32.7 Å². The number of benzene rings is 1. The molecule has 21 heavy (non-hydrogen) atoms. The van der Waals surface area contributed by atoms with Crippen molar-refractivity contribution in [3.05, 3.63) is 35.4 Å². The summed E-state index contributed by atoms with van der Waals surface area (Å²) in [4.78, 5) is 0. The van der Waals surface area contributed by atoms with Crippen LogP contribution in [0, 0.1) is 0 Å². The molecule has 0 aliphatic heterocycles. The van der Waals surface area contributed by atoms with Crippen molar-refractivity contribution in [3.63, 3.8) is 0 Å². The van der Waals surface area contributed by atoms with Gasteiger partial charge in [0.05, 0.1) is 12.1 Å². The van der Waals surface area contributed by atoms with Crippen LogP contribution in [0.3, 0.4) is 0 Å². The highest BCUT2D eigenvalue weighted by molar-refractivity contribution is 6.32. The highest BCUT2D eigenvalue weighted by Crippen LogP contribution is 2.36. The Morgan fingerprint density at radius 1 is 1.38 bits per heavy atom. The molecule has 0 bridgehead atoms. The number of rotatable bonds is 8. The second kappa shape index (κ2) is 9.19. The Balaban J connectivity index is 0.00000400. The Morgan fingerprint density at radius 2 is 2.05 bits per heavy atom. The van der Waals surface area contributed by atoms with Crippen LogP contribution >= 0.6 is 24.0 Å². The van der Waals surface area contributed by atoms with E-state index in [1.807, 2.05) is 12.1 Å². The zero-order valence-electron chi connectivity index (χ0n) is 13.2. The van der Waals surface area contributed by atoms with Crippen molar-refractivity contribution in [2.75, 3.05) is 13.7 Å². The van der Waals surface area contributed by atoms with Crippen LogP contribution in [-0.4, -0.2) is 19.3 Å². The molecule has 1 aromatic carbocycles. The van der Waals surface area contributed by atoms with Gasteiger partial charge in [0.25, 0.3) is 0 Å². The third-order valence-electron chi connectivity index (χ3n) is 3.29. The van der Waals surface area contributed by atoms with Crippen LogP contribution in [0.1, 0.15) is 32.8 Å². The van der Waals surface area contributed by atoms with Gasteiger partial charge in [-0.15, -0.1) is 12.4 Å². The van der Waals surface area contributed by atoms with E-state index >= 15 is 0 Å². The van der Waals surface area contributed by atoms with E-state index in [1.54, 1.807) is 13.2 Å². The van der Waals surface area contributed by atoms with Gasteiger partial charge < -0.3 is 14.8 Å². The number of ether oxygens (including phenoxy) is 2. The van der Waals surface area contributed by atoms with Crippen molar-refractivity contribution >= 4 is 24.0 Å². The minimum atomic E-state index is 0. The van der Waals surface area contributed by atoms with Crippen LogP contribution in [0.4, 0.5) is 0 Å². The third-order valence-corrected chi connectivity index (χ3v) is 3.57. The molecule has 1 aromatic rings. The first kappa shape index (κ1) is 20.1. The van der Waals surface area contributed by atoms with Gasteiger partial charge in [0, 0.05) is 12.1 Å². The Hall–Kier alpha value is -0.900. The lowest BCUT2D eigenvalue weighted by Gasteiger charge is -2.25. The van der Waals surface area contributed by atoms with Crippen LogP contribution in [-0.2, 0) is 6.54 Å². The van der Waals surface area contributed by atoms with Crippen molar-refractivity contribution in [1.82, 2.24) is 5.32 Å². The molecule has 0 heterocycles. The summed E-state index contributed by atoms with van der Waals surface area (Å²) in [6.07, 6.45) is 2.73. The number of halogens is 2. The van der Waals surface area contributed by atoms with Crippen molar-refractivity contribution in [1.29, 1.82) is 0 Å². The van der Waals surface area contributed by atoms with Crippen LogP contribution in [0.25, 0.3) is 0 Å². The van der Waals surface area contributed by atoms with Crippen LogP contribution in [0.15, 0.2) is 24.8 Å². The van der Waals surface area contributed by atoms with E-state index in [9.17, 15) is 0 Å². The van der Waals surface area contributed by atoms with Crippen molar-refractivity contribution < 1.29 is 9.47 Å². The van der Waals surface area contributed by atoms with E-state index in [0.717, 1.165) is 18.5 Å². The highest BCUT2D eigenvalue weighted by Gasteiger charge is 2.16. The average Bonchev–Trinajstić information content (AvgIpc) is 2.43. The van der Waals surface area contributed by atoms with Gasteiger partial charge in [-0.05, 0) is 38.0 Å². The Labute approximate surface area is 139 Å². The zero-order valence-corrected chi connectivity index (χ0v) is 14.7. The third kappa shape index (κ3) is 6.16. The molecule has 0 aliphatic rings. The first-order valence-corrected chi connectivity index (χ1v) is 7.16. The first-order valence-electron chi connectivity index (χ1n) is 6.78. The Morgan fingerprint density at radius 3 is 2.57 bits per heavy atom. The van der Waals surface area contributed by atoms with E-state index in [0.29, 0.717) is 23.1 Å². The van der Waals surface area contributed by atoms with E-state index < -0.39 is 0 Å². The molecular formula is C16H25Cl2NO2. The molecule has 1 N–H and O–H groups in total. The maximum Gasteiger partial charge on any atom is 0.180 e. The lowest BCUT2D eigenvalue weighted by Crippen LogP contribution is -2.37. The summed E-state index contributed by atoms with van der Waals surface area (Å²) >= 11 is 6.27. The van der Waals surface area contributed by atoms with Gasteiger partial charge in [0.15, 0.2) is 11.5 Å². The van der Waals surface area contributed by atoms with Crippen molar-refractivity contribution in [2.24, 2.45) is 0 Å². The summed E-state index contributed by atoms with van der Waals surface area (Å²) < 4.78 is 10.9. The second-order valence-corrected chi connectivity index (χ2v) is 5.71.